The van der Waals surface area contributed by atoms with E-state index < -0.39 is 6.03 Å². The van der Waals surface area contributed by atoms with Crippen molar-refractivity contribution in [2.24, 2.45) is 5.92 Å². The number of amides is 3. The summed E-state index contributed by atoms with van der Waals surface area (Å²) in [4.78, 5) is 33.8. The molecule has 0 bridgehead atoms. The van der Waals surface area contributed by atoms with E-state index in [1.807, 2.05) is 48.9 Å². The van der Waals surface area contributed by atoms with Crippen LogP contribution in [0.5, 0.6) is 0 Å². The van der Waals surface area contributed by atoms with Crippen molar-refractivity contribution >= 4 is 46.4 Å². The molecule has 9 heteroatoms. The van der Waals surface area contributed by atoms with Gasteiger partial charge in [-0.05, 0) is 28.8 Å². The second-order valence-corrected chi connectivity index (χ2v) is 9.02. The second-order valence-electron chi connectivity index (χ2n) is 6.16. The average Bonchev–Trinajstić information content (AvgIpc) is 3.38. The zero-order valence-corrected chi connectivity index (χ0v) is 17.4. The van der Waals surface area contributed by atoms with Crippen molar-refractivity contribution in [1.82, 2.24) is 20.6 Å². The number of H-pyrrole nitrogens is 1. The number of carbonyl (C=O) groups excluding carboxylic acids is 2. The van der Waals surface area contributed by atoms with Gasteiger partial charge in [-0.15, -0.1) is 22.7 Å². The van der Waals surface area contributed by atoms with Crippen LogP contribution >= 0.6 is 34.4 Å². The predicted molar refractivity (Wildman–Crippen MR) is 112 cm³/mol. The Morgan fingerprint density at radius 3 is 2.52 bits per heavy atom. The minimum Gasteiger partial charge on any atom is -0.338 e. The summed E-state index contributed by atoms with van der Waals surface area (Å²) in [5.41, 5.74) is 1.83. The SMILES string of the molecule is CC(C)CNC(=O)NC(=O)CSc1nc(-c2cccs2)c(-c2cccs2)[nH]1. The van der Waals surface area contributed by atoms with E-state index in [1.165, 1.54) is 11.8 Å². The van der Waals surface area contributed by atoms with Crippen LogP contribution in [0.1, 0.15) is 13.8 Å². The molecular formula is C18H20N4O2S3. The zero-order chi connectivity index (χ0) is 19.2. The Labute approximate surface area is 169 Å². The maximum atomic E-state index is 12.0. The normalized spacial score (nSPS) is 10.9. The molecule has 0 aliphatic carbocycles. The van der Waals surface area contributed by atoms with E-state index in [4.69, 9.17) is 0 Å². The third kappa shape index (κ3) is 5.44. The van der Waals surface area contributed by atoms with Crippen LogP contribution in [-0.2, 0) is 4.79 Å². The summed E-state index contributed by atoms with van der Waals surface area (Å²) in [5, 5.41) is 9.68. The van der Waals surface area contributed by atoms with E-state index in [-0.39, 0.29) is 11.7 Å². The fourth-order valence-corrected chi connectivity index (χ4v) is 4.36. The van der Waals surface area contributed by atoms with Gasteiger partial charge in [0.1, 0.15) is 5.69 Å². The van der Waals surface area contributed by atoms with E-state index >= 15 is 0 Å². The lowest BCUT2D eigenvalue weighted by Crippen LogP contribution is -2.41. The Morgan fingerprint density at radius 1 is 1.19 bits per heavy atom. The Kier molecular flexibility index (Phi) is 6.70. The number of imidazole rings is 1. The number of hydrogen-bond acceptors (Lipinski definition) is 6. The summed E-state index contributed by atoms with van der Waals surface area (Å²) >= 11 is 4.53. The lowest BCUT2D eigenvalue weighted by molar-refractivity contribution is -0.117. The second kappa shape index (κ2) is 9.20. The zero-order valence-electron chi connectivity index (χ0n) is 14.9. The first-order valence-electron chi connectivity index (χ1n) is 8.41. The number of imide groups is 1. The lowest BCUT2D eigenvalue weighted by Gasteiger charge is -2.07. The summed E-state index contributed by atoms with van der Waals surface area (Å²) in [6.45, 7) is 4.51. The van der Waals surface area contributed by atoms with Crippen LogP contribution in [0, 0.1) is 5.92 Å². The fourth-order valence-electron chi connectivity index (χ4n) is 2.25. The third-order valence-corrected chi connectivity index (χ3v) is 6.11. The number of aromatic nitrogens is 2. The van der Waals surface area contributed by atoms with Crippen LogP contribution in [-0.4, -0.2) is 34.2 Å². The number of carbonyl (C=O) groups is 2. The van der Waals surface area contributed by atoms with Gasteiger partial charge >= 0.3 is 6.03 Å². The quantitative estimate of drug-likeness (QED) is 0.493. The van der Waals surface area contributed by atoms with Crippen molar-refractivity contribution in [1.29, 1.82) is 0 Å². The van der Waals surface area contributed by atoms with E-state index in [2.05, 4.69) is 20.6 Å². The molecule has 0 saturated carbocycles. The number of thiophene rings is 2. The van der Waals surface area contributed by atoms with Gasteiger partial charge in [-0.1, -0.05) is 37.7 Å². The highest BCUT2D eigenvalue weighted by Crippen LogP contribution is 2.36. The van der Waals surface area contributed by atoms with E-state index in [0.29, 0.717) is 17.6 Å². The number of nitrogens with one attached hydrogen (secondary N) is 3. The lowest BCUT2D eigenvalue weighted by atomic mass is 10.2. The number of nitrogens with zero attached hydrogens (tertiary/aromatic N) is 1. The van der Waals surface area contributed by atoms with Gasteiger partial charge in [-0.25, -0.2) is 9.78 Å². The molecule has 3 amide bonds. The van der Waals surface area contributed by atoms with E-state index in [0.717, 1.165) is 21.1 Å². The van der Waals surface area contributed by atoms with Gasteiger partial charge in [0.05, 0.1) is 21.2 Å². The standard InChI is InChI=1S/C18H20N4O2S3/c1-11(2)9-19-17(24)20-14(23)10-27-18-21-15(12-5-3-7-25-12)16(22-18)13-6-4-8-26-13/h3-8,11H,9-10H2,1-2H3,(H,21,22)(H2,19,20,23,24). The number of urea groups is 1. The Balaban J connectivity index is 1.65. The van der Waals surface area contributed by atoms with Crippen LogP contribution < -0.4 is 10.6 Å². The smallest absolute Gasteiger partial charge is 0.321 e. The maximum absolute atomic E-state index is 12.0. The molecule has 3 N–H and O–H groups in total. The van der Waals surface area contributed by atoms with Crippen LogP contribution in [0.4, 0.5) is 4.79 Å². The average molecular weight is 421 g/mol. The summed E-state index contributed by atoms with van der Waals surface area (Å²) in [7, 11) is 0. The molecule has 0 radical (unpaired) electrons. The van der Waals surface area contributed by atoms with E-state index in [1.54, 1.807) is 22.7 Å². The van der Waals surface area contributed by atoms with Gasteiger partial charge in [-0.2, -0.15) is 0 Å². The number of hydrogen-bond donors (Lipinski definition) is 3. The minimum absolute atomic E-state index is 0.108. The number of aromatic amines is 1. The van der Waals surface area contributed by atoms with Gasteiger partial charge in [0, 0.05) is 6.54 Å². The molecule has 0 saturated heterocycles. The number of rotatable bonds is 7. The molecule has 3 aromatic rings. The first kappa shape index (κ1) is 19.7. The van der Waals surface area contributed by atoms with Gasteiger partial charge in [0.25, 0.3) is 0 Å². The van der Waals surface area contributed by atoms with Crippen LogP contribution in [0.3, 0.4) is 0 Å². The third-order valence-electron chi connectivity index (χ3n) is 3.47. The van der Waals surface area contributed by atoms with Crippen molar-refractivity contribution in [3.63, 3.8) is 0 Å². The number of thioether (sulfide) groups is 1. The first-order valence-corrected chi connectivity index (χ1v) is 11.2. The Bertz CT molecular complexity index is 834. The molecule has 0 aromatic carbocycles. The molecule has 0 atom stereocenters. The minimum atomic E-state index is -0.465. The van der Waals surface area contributed by atoms with Crippen molar-refractivity contribution in [2.45, 2.75) is 19.0 Å². The fraction of sp³-hybridized carbons (Fsp3) is 0.278. The Hall–Kier alpha value is -2.10. The highest BCUT2D eigenvalue weighted by atomic mass is 32.2. The largest absolute Gasteiger partial charge is 0.338 e. The van der Waals surface area contributed by atoms with Crippen LogP contribution in [0.2, 0.25) is 0 Å². The molecule has 3 heterocycles. The van der Waals surface area contributed by atoms with Gasteiger partial charge in [0.2, 0.25) is 5.91 Å². The predicted octanol–water partition coefficient (Wildman–Crippen LogP) is 4.44. The van der Waals surface area contributed by atoms with Crippen molar-refractivity contribution in [3.8, 4) is 21.1 Å². The molecule has 0 spiro atoms. The molecular weight excluding hydrogens is 400 g/mol. The molecule has 142 valence electrons. The topological polar surface area (TPSA) is 86.9 Å². The summed E-state index contributed by atoms with van der Waals surface area (Å²) in [6.07, 6.45) is 0. The van der Waals surface area contributed by atoms with Crippen LogP contribution in [0.15, 0.2) is 40.2 Å². The molecule has 27 heavy (non-hydrogen) atoms. The van der Waals surface area contributed by atoms with Gasteiger partial charge < -0.3 is 10.3 Å². The summed E-state index contributed by atoms with van der Waals surface area (Å²) in [6, 6.07) is 7.58. The van der Waals surface area contributed by atoms with Crippen molar-refractivity contribution in [2.75, 3.05) is 12.3 Å². The maximum Gasteiger partial charge on any atom is 0.321 e. The molecule has 6 nitrogen and oxygen atoms in total. The monoisotopic (exact) mass is 420 g/mol. The first-order chi connectivity index (χ1) is 13.0. The Morgan fingerprint density at radius 2 is 1.89 bits per heavy atom. The molecule has 0 unspecified atom stereocenters. The summed E-state index contributed by atoms with van der Waals surface area (Å²) in [5.74, 6) is 0.0822. The summed E-state index contributed by atoms with van der Waals surface area (Å²) < 4.78 is 0. The van der Waals surface area contributed by atoms with E-state index in [9.17, 15) is 9.59 Å². The van der Waals surface area contributed by atoms with Crippen molar-refractivity contribution < 1.29 is 9.59 Å². The highest BCUT2D eigenvalue weighted by molar-refractivity contribution is 7.99. The van der Waals surface area contributed by atoms with Gasteiger partial charge in [0.15, 0.2) is 5.16 Å². The highest BCUT2D eigenvalue weighted by Gasteiger charge is 2.17. The molecule has 0 fully saturated rings. The van der Waals surface area contributed by atoms with Gasteiger partial charge in [-0.3, -0.25) is 10.1 Å². The van der Waals surface area contributed by atoms with Crippen LogP contribution in [0.25, 0.3) is 21.1 Å². The molecule has 3 rings (SSSR count). The van der Waals surface area contributed by atoms with Crippen molar-refractivity contribution in [3.05, 3.63) is 35.0 Å². The molecule has 0 aliphatic heterocycles. The molecule has 0 aliphatic rings. The molecule has 3 aromatic heterocycles.